The molecule has 2 heterocycles. The lowest BCUT2D eigenvalue weighted by molar-refractivity contribution is 0.0766. The summed E-state index contributed by atoms with van der Waals surface area (Å²) >= 11 is 0. The third-order valence-electron chi connectivity index (χ3n) is 3.88. The van der Waals surface area contributed by atoms with Crippen LogP contribution in [0.3, 0.4) is 0 Å². The number of nitrogens with zero attached hydrogens (tertiary/aromatic N) is 2. The molecule has 1 N–H and O–H groups in total. The van der Waals surface area contributed by atoms with Crippen LogP contribution in [0.2, 0.25) is 0 Å². The molecule has 102 valence electrons. The first kappa shape index (κ1) is 13.6. The Bertz CT molecular complexity index is 364. The van der Waals surface area contributed by atoms with E-state index < -0.39 is 0 Å². The van der Waals surface area contributed by atoms with E-state index in [9.17, 15) is 0 Å². The molecule has 3 unspecified atom stereocenters. The molecule has 1 aliphatic heterocycles. The van der Waals surface area contributed by atoms with Crippen molar-refractivity contribution < 1.29 is 4.74 Å². The van der Waals surface area contributed by atoms with Crippen molar-refractivity contribution in [2.45, 2.75) is 52.3 Å². The molecular weight excluding hydrogens is 226 g/mol. The zero-order valence-electron chi connectivity index (χ0n) is 11.7. The number of hydrogen-bond donors (Lipinski definition) is 1. The van der Waals surface area contributed by atoms with Crippen LogP contribution in [0.4, 0.5) is 0 Å². The van der Waals surface area contributed by atoms with E-state index in [-0.39, 0.29) is 0 Å². The summed E-state index contributed by atoms with van der Waals surface area (Å²) in [5, 5.41) is 8.02. The minimum absolute atomic E-state index is 0.366. The molecule has 1 saturated heterocycles. The van der Waals surface area contributed by atoms with Crippen molar-refractivity contribution in [1.29, 1.82) is 0 Å². The Morgan fingerprint density at radius 1 is 1.50 bits per heavy atom. The van der Waals surface area contributed by atoms with Gasteiger partial charge in [-0.3, -0.25) is 4.68 Å². The van der Waals surface area contributed by atoms with Gasteiger partial charge in [0.2, 0.25) is 0 Å². The van der Waals surface area contributed by atoms with E-state index in [0.29, 0.717) is 18.1 Å². The number of ether oxygens (including phenoxy) is 1. The van der Waals surface area contributed by atoms with Gasteiger partial charge >= 0.3 is 0 Å². The van der Waals surface area contributed by atoms with E-state index in [1.165, 1.54) is 5.69 Å². The zero-order chi connectivity index (χ0) is 13.0. The molecule has 3 atom stereocenters. The second-order valence-electron chi connectivity index (χ2n) is 4.88. The van der Waals surface area contributed by atoms with Crippen molar-refractivity contribution >= 4 is 0 Å². The van der Waals surface area contributed by atoms with Gasteiger partial charge in [-0.25, -0.2) is 0 Å². The lowest BCUT2D eigenvalue weighted by atomic mass is 9.89. The summed E-state index contributed by atoms with van der Waals surface area (Å²) in [6.07, 6.45) is 4.52. The molecule has 4 heteroatoms. The van der Waals surface area contributed by atoms with Gasteiger partial charge in [-0.05, 0) is 32.4 Å². The van der Waals surface area contributed by atoms with Crippen LogP contribution in [0.5, 0.6) is 0 Å². The number of aryl methyl sites for hydroxylation is 1. The van der Waals surface area contributed by atoms with Gasteiger partial charge in [0, 0.05) is 25.3 Å². The molecule has 0 amide bonds. The van der Waals surface area contributed by atoms with Gasteiger partial charge in [0.05, 0.1) is 17.8 Å². The maximum Gasteiger partial charge on any atom is 0.0620 e. The molecule has 0 aliphatic carbocycles. The molecule has 4 nitrogen and oxygen atoms in total. The van der Waals surface area contributed by atoms with Crippen LogP contribution in [-0.2, 0) is 11.3 Å². The molecule has 1 aromatic rings. The summed E-state index contributed by atoms with van der Waals surface area (Å²) in [6, 6.07) is 2.51. The van der Waals surface area contributed by atoms with Crippen molar-refractivity contribution in [3.05, 3.63) is 18.0 Å². The largest absolute Gasteiger partial charge is 0.378 e. The fourth-order valence-corrected chi connectivity index (χ4v) is 3.03. The molecule has 0 spiro atoms. The Kier molecular flexibility index (Phi) is 4.78. The van der Waals surface area contributed by atoms with E-state index in [4.69, 9.17) is 4.74 Å². The van der Waals surface area contributed by atoms with Crippen molar-refractivity contribution in [3.8, 4) is 0 Å². The quantitative estimate of drug-likeness (QED) is 0.843. The minimum Gasteiger partial charge on any atom is -0.378 e. The van der Waals surface area contributed by atoms with Gasteiger partial charge in [-0.15, -0.1) is 0 Å². The second-order valence-corrected chi connectivity index (χ2v) is 4.88. The predicted molar refractivity (Wildman–Crippen MR) is 72.5 cm³/mol. The van der Waals surface area contributed by atoms with Gasteiger partial charge in [0.25, 0.3) is 0 Å². The fraction of sp³-hybridized carbons (Fsp3) is 0.786. The number of hydrogen-bond acceptors (Lipinski definition) is 3. The smallest absolute Gasteiger partial charge is 0.0620 e. The first-order valence-corrected chi connectivity index (χ1v) is 7.18. The molecule has 18 heavy (non-hydrogen) atoms. The van der Waals surface area contributed by atoms with Crippen molar-refractivity contribution in [1.82, 2.24) is 15.1 Å². The Hall–Kier alpha value is -0.870. The van der Waals surface area contributed by atoms with Crippen molar-refractivity contribution in [3.63, 3.8) is 0 Å². The normalized spacial score (nSPS) is 25.5. The molecule has 0 bridgehead atoms. The van der Waals surface area contributed by atoms with E-state index in [1.54, 1.807) is 0 Å². The summed E-state index contributed by atoms with van der Waals surface area (Å²) in [7, 11) is 0. The summed E-state index contributed by atoms with van der Waals surface area (Å²) in [5.74, 6) is 0.567. The van der Waals surface area contributed by atoms with Crippen LogP contribution in [0.1, 0.15) is 45.3 Å². The highest BCUT2D eigenvalue weighted by Gasteiger charge is 2.35. The van der Waals surface area contributed by atoms with Crippen LogP contribution in [0.15, 0.2) is 12.3 Å². The molecule has 1 fully saturated rings. The first-order chi connectivity index (χ1) is 8.81. The molecule has 0 saturated carbocycles. The van der Waals surface area contributed by atoms with E-state index in [2.05, 4.69) is 41.9 Å². The summed E-state index contributed by atoms with van der Waals surface area (Å²) in [6.45, 7) is 9.31. The van der Waals surface area contributed by atoms with Gasteiger partial charge in [0.15, 0.2) is 0 Å². The average Bonchev–Trinajstić information content (AvgIpc) is 3.04. The molecule has 0 radical (unpaired) electrons. The Balaban J connectivity index is 2.22. The van der Waals surface area contributed by atoms with E-state index in [1.807, 2.05) is 6.20 Å². The van der Waals surface area contributed by atoms with E-state index >= 15 is 0 Å². The van der Waals surface area contributed by atoms with Gasteiger partial charge in [-0.2, -0.15) is 5.10 Å². The highest BCUT2D eigenvalue weighted by atomic mass is 16.5. The molecule has 2 rings (SSSR count). The molecule has 1 aliphatic rings. The monoisotopic (exact) mass is 251 g/mol. The Morgan fingerprint density at radius 3 is 3.00 bits per heavy atom. The topological polar surface area (TPSA) is 39.1 Å². The predicted octanol–water partition coefficient (Wildman–Crippen LogP) is 2.37. The molecule has 1 aromatic heterocycles. The Morgan fingerprint density at radius 2 is 2.33 bits per heavy atom. The van der Waals surface area contributed by atoms with Crippen LogP contribution < -0.4 is 5.32 Å². The summed E-state index contributed by atoms with van der Waals surface area (Å²) < 4.78 is 7.94. The van der Waals surface area contributed by atoms with Crippen molar-refractivity contribution in [2.75, 3.05) is 13.2 Å². The van der Waals surface area contributed by atoms with Gasteiger partial charge in [0.1, 0.15) is 0 Å². The molecular formula is C14H25N3O. The minimum atomic E-state index is 0.366. The third-order valence-corrected chi connectivity index (χ3v) is 3.88. The number of aromatic nitrogens is 2. The third kappa shape index (κ3) is 2.59. The maximum absolute atomic E-state index is 5.84. The maximum atomic E-state index is 5.84. The number of nitrogens with one attached hydrogen (secondary N) is 1. The zero-order valence-corrected chi connectivity index (χ0v) is 11.7. The fourth-order valence-electron chi connectivity index (χ4n) is 3.03. The van der Waals surface area contributed by atoms with Crippen LogP contribution in [0, 0.1) is 5.92 Å². The summed E-state index contributed by atoms with van der Waals surface area (Å²) in [4.78, 5) is 0. The summed E-state index contributed by atoms with van der Waals surface area (Å²) in [5.41, 5.74) is 1.30. The van der Waals surface area contributed by atoms with Crippen LogP contribution >= 0.6 is 0 Å². The SMILES string of the molecule is CCNC(c1ccnn1CC)C1CCOC1CC. The van der Waals surface area contributed by atoms with E-state index in [0.717, 1.165) is 32.5 Å². The highest BCUT2D eigenvalue weighted by molar-refractivity contribution is 5.10. The molecule has 0 aromatic carbocycles. The van der Waals surface area contributed by atoms with Crippen LogP contribution in [-0.4, -0.2) is 29.0 Å². The second kappa shape index (κ2) is 6.34. The first-order valence-electron chi connectivity index (χ1n) is 7.18. The highest BCUT2D eigenvalue weighted by Crippen LogP contribution is 2.34. The van der Waals surface area contributed by atoms with Crippen molar-refractivity contribution in [2.24, 2.45) is 5.92 Å². The van der Waals surface area contributed by atoms with Gasteiger partial charge < -0.3 is 10.1 Å². The van der Waals surface area contributed by atoms with Gasteiger partial charge in [-0.1, -0.05) is 13.8 Å². The Labute approximate surface area is 110 Å². The van der Waals surface area contributed by atoms with Crippen LogP contribution in [0.25, 0.3) is 0 Å². The number of rotatable bonds is 6. The lowest BCUT2D eigenvalue weighted by Crippen LogP contribution is -2.34. The standard InChI is InChI=1S/C14H25N3O/c1-4-13-11(8-10-18-13)14(15-5-2)12-7-9-16-17(12)6-3/h7,9,11,13-15H,4-6,8,10H2,1-3H3. The average molecular weight is 251 g/mol. The lowest BCUT2D eigenvalue weighted by Gasteiger charge is -2.28.